The Labute approximate surface area is 153 Å². The lowest BCUT2D eigenvalue weighted by atomic mass is 10.1. The van der Waals surface area contributed by atoms with Crippen LogP contribution in [0.2, 0.25) is 0 Å². The summed E-state index contributed by atoms with van der Waals surface area (Å²) in [7, 11) is 0. The zero-order valence-corrected chi connectivity index (χ0v) is 14.0. The molecule has 0 aliphatic rings. The number of nitrogens with one attached hydrogen (secondary N) is 2. The molecule has 2 heterocycles. The summed E-state index contributed by atoms with van der Waals surface area (Å²) in [6, 6.07) is 16.4. The maximum atomic E-state index is 12.4. The number of benzene rings is 2. The van der Waals surface area contributed by atoms with Gasteiger partial charge in [0.15, 0.2) is 5.69 Å². The molecule has 0 saturated heterocycles. The van der Waals surface area contributed by atoms with Crippen molar-refractivity contribution in [1.29, 1.82) is 0 Å². The van der Waals surface area contributed by atoms with Gasteiger partial charge in [-0.3, -0.25) is 9.59 Å². The third-order valence-corrected chi connectivity index (χ3v) is 3.91. The van der Waals surface area contributed by atoms with Crippen LogP contribution in [0.15, 0.2) is 76.9 Å². The largest absolute Gasteiger partial charge is 0.292 e. The second-order valence-electron chi connectivity index (χ2n) is 5.70. The van der Waals surface area contributed by atoms with E-state index >= 15 is 0 Å². The Balaban J connectivity index is 1.51. The van der Waals surface area contributed by atoms with Crippen LogP contribution in [-0.4, -0.2) is 32.1 Å². The predicted molar refractivity (Wildman–Crippen MR) is 101 cm³/mol. The number of H-pyrrole nitrogens is 1. The fourth-order valence-corrected chi connectivity index (χ4v) is 2.63. The molecule has 0 saturated carbocycles. The summed E-state index contributed by atoms with van der Waals surface area (Å²) in [5, 5.41) is 15.2. The number of nitrogens with zero attached hydrogens (tertiary/aromatic N) is 4. The van der Waals surface area contributed by atoms with E-state index in [-0.39, 0.29) is 11.3 Å². The van der Waals surface area contributed by atoms with Crippen molar-refractivity contribution in [2.24, 2.45) is 5.10 Å². The van der Waals surface area contributed by atoms with Crippen molar-refractivity contribution < 1.29 is 4.79 Å². The van der Waals surface area contributed by atoms with Gasteiger partial charge in [0.25, 0.3) is 11.5 Å². The molecule has 0 aliphatic carbocycles. The highest BCUT2D eigenvalue weighted by Gasteiger charge is 2.13. The SMILES string of the molecule is O=C(N/N=C\c1cnn(-c2ccccc2)c1)c1n[nH]c(=O)c2ccccc12. The van der Waals surface area contributed by atoms with Gasteiger partial charge >= 0.3 is 0 Å². The minimum atomic E-state index is -0.519. The molecular weight excluding hydrogens is 344 g/mol. The van der Waals surface area contributed by atoms with Crippen molar-refractivity contribution in [2.45, 2.75) is 0 Å². The number of aromatic amines is 1. The maximum Gasteiger partial charge on any atom is 0.292 e. The van der Waals surface area contributed by atoms with E-state index in [1.165, 1.54) is 6.21 Å². The molecular formula is C19H14N6O2. The number of hydrogen-bond donors (Lipinski definition) is 2. The van der Waals surface area contributed by atoms with Gasteiger partial charge < -0.3 is 0 Å². The summed E-state index contributed by atoms with van der Waals surface area (Å²) >= 11 is 0. The van der Waals surface area contributed by atoms with Gasteiger partial charge in [0.2, 0.25) is 0 Å². The van der Waals surface area contributed by atoms with Gasteiger partial charge in [0.1, 0.15) is 0 Å². The lowest BCUT2D eigenvalue weighted by molar-refractivity contribution is 0.0951. The highest BCUT2D eigenvalue weighted by atomic mass is 16.2. The van der Waals surface area contributed by atoms with E-state index in [1.807, 2.05) is 30.3 Å². The van der Waals surface area contributed by atoms with Crippen LogP contribution in [-0.2, 0) is 0 Å². The molecule has 132 valence electrons. The molecule has 0 unspecified atom stereocenters. The van der Waals surface area contributed by atoms with Crippen LogP contribution in [0.1, 0.15) is 16.1 Å². The van der Waals surface area contributed by atoms with Crippen LogP contribution in [0.4, 0.5) is 0 Å². The van der Waals surface area contributed by atoms with Crippen molar-refractivity contribution in [3.8, 4) is 5.69 Å². The summed E-state index contributed by atoms with van der Waals surface area (Å²) in [5.74, 6) is -0.519. The van der Waals surface area contributed by atoms with Crippen molar-refractivity contribution in [2.75, 3.05) is 0 Å². The van der Waals surface area contributed by atoms with Crippen LogP contribution < -0.4 is 11.0 Å². The molecule has 0 bridgehead atoms. The lowest BCUT2D eigenvalue weighted by Gasteiger charge is -2.02. The molecule has 0 atom stereocenters. The first-order valence-electron chi connectivity index (χ1n) is 8.13. The summed E-state index contributed by atoms with van der Waals surface area (Å²) in [5.41, 5.74) is 3.81. The first-order valence-corrected chi connectivity index (χ1v) is 8.13. The molecule has 8 heteroatoms. The zero-order valence-electron chi connectivity index (χ0n) is 14.0. The van der Waals surface area contributed by atoms with Crippen LogP contribution in [0.5, 0.6) is 0 Å². The van der Waals surface area contributed by atoms with E-state index in [0.29, 0.717) is 10.8 Å². The van der Waals surface area contributed by atoms with Gasteiger partial charge in [-0.1, -0.05) is 36.4 Å². The van der Waals surface area contributed by atoms with E-state index < -0.39 is 5.91 Å². The Bertz CT molecular complexity index is 1190. The van der Waals surface area contributed by atoms with E-state index in [1.54, 1.807) is 41.3 Å². The minimum absolute atomic E-state index is 0.0994. The van der Waals surface area contributed by atoms with Gasteiger partial charge in [0, 0.05) is 17.1 Å². The Morgan fingerprint density at radius 3 is 2.63 bits per heavy atom. The highest BCUT2D eigenvalue weighted by Crippen LogP contribution is 2.12. The number of carbonyl (C=O) groups excluding carboxylic acids is 1. The second-order valence-corrected chi connectivity index (χ2v) is 5.70. The number of para-hydroxylation sites is 1. The van der Waals surface area contributed by atoms with Gasteiger partial charge in [0.05, 0.1) is 23.5 Å². The zero-order chi connectivity index (χ0) is 18.6. The van der Waals surface area contributed by atoms with Gasteiger partial charge in [-0.25, -0.2) is 15.2 Å². The van der Waals surface area contributed by atoms with Gasteiger partial charge in [-0.2, -0.15) is 15.3 Å². The Hall–Kier alpha value is -4.07. The molecule has 4 aromatic rings. The van der Waals surface area contributed by atoms with E-state index in [4.69, 9.17) is 0 Å². The molecule has 2 aromatic carbocycles. The number of hydrogen-bond acceptors (Lipinski definition) is 5. The normalized spacial score (nSPS) is 11.1. The van der Waals surface area contributed by atoms with Crippen molar-refractivity contribution in [1.82, 2.24) is 25.4 Å². The predicted octanol–water partition coefficient (Wildman–Crippen LogP) is 1.87. The second kappa shape index (κ2) is 7.04. The Morgan fingerprint density at radius 1 is 1.07 bits per heavy atom. The quantitative estimate of drug-likeness (QED) is 0.429. The monoisotopic (exact) mass is 358 g/mol. The standard InChI is InChI=1S/C19H14N6O2/c26-18-16-9-5-4-8-15(16)17(22-24-18)19(27)23-20-10-13-11-21-25(12-13)14-6-2-1-3-7-14/h1-12H,(H,23,27)(H,24,26)/b20-10-. The molecule has 2 aromatic heterocycles. The first kappa shape index (κ1) is 16.4. The third kappa shape index (κ3) is 3.36. The molecule has 1 amide bonds. The molecule has 2 N–H and O–H groups in total. The molecule has 4 rings (SSSR count). The minimum Gasteiger partial charge on any atom is -0.267 e. The number of carbonyl (C=O) groups is 1. The first-order chi connectivity index (χ1) is 13.2. The summed E-state index contributed by atoms with van der Waals surface area (Å²) in [4.78, 5) is 24.1. The molecule has 0 spiro atoms. The number of hydrazone groups is 1. The Morgan fingerprint density at radius 2 is 1.81 bits per heavy atom. The van der Waals surface area contributed by atoms with Crippen LogP contribution in [0.3, 0.4) is 0 Å². The van der Waals surface area contributed by atoms with Crippen molar-refractivity contribution in [3.05, 3.63) is 88.6 Å². The fourth-order valence-electron chi connectivity index (χ4n) is 2.63. The van der Waals surface area contributed by atoms with Crippen molar-refractivity contribution >= 4 is 22.9 Å². The topological polar surface area (TPSA) is 105 Å². The summed E-state index contributed by atoms with van der Waals surface area (Å²) in [6.07, 6.45) is 4.91. The summed E-state index contributed by atoms with van der Waals surface area (Å²) < 4.78 is 1.71. The molecule has 0 fully saturated rings. The average Bonchev–Trinajstić information content (AvgIpc) is 3.18. The van der Waals surface area contributed by atoms with E-state index in [0.717, 1.165) is 11.3 Å². The number of rotatable bonds is 4. The maximum absolute atomic E-state index is 12.4. The third-order valence-electron chi connectivity index (χ3n) is 3.91. The lowest BCUT2D eigenvalue weighted by Crippen LogP contribution is -2.22. The van der Waals surface area contributed by atoms with E-state index in [2.05, 4.69) is 25.8 Å². The van der Waals surface area contributed by atoms with E-state index in [9.17, 15) is 9.59 Å². The number of amides is 1. The van der Waals surface area contributed by atoms with Crippen LogP contribution in [0, 0.1) is 0 Å². The fraction of sp³-hybridized carbons (Fsp3) is 0. The van der Waals surface area contributed by atoms with Gasteiger partial charge in [-0.15, -0.1) is 0 Å². The molecule has 8 nitrogen and oxygen atoms in total. The number of fused-ring (bicyclic) bond motifs is 1. The summed E-state index contributed by atoms with van der Waals surface area (Å²) in [6.45, 7) is 0. The Kier molecular flexibility index (Phi) is 4.28. The smallest absolute Gasteiger partial charge is 0.267 e. The van der Waals surface area contributed by atoms with Crippen molar-refractivity contribution in [3.63, 3.8) is 0 Å². The molecule has 0 radical (unpaired) electrons. The van der Waals surface area contributed by atoms with Crippen LogP contribution >= 0.6 is 0 Å². The molecule has 27 heavy (non-hydrogen) atoms. The van der Waals surface area contributed by atoms with Crippen LogP contribution in [0.25, 0.3) is 16.5 Å². The average molecular weight is 358 g/mol. The number of aromatic nitrogens is 4. The van der Waals surface area contributed by atoms with Gasteiger partial charge in [-0.05, 0) is 18.2 Å². The highest BCUT2D eigenvalue weighted by molar-refractivity contribution is 6.04. The molecule has 0 aliphatic heterocycles.